The molecule has 1 spiro atoms. The molecule has 0 unspecified atom stereocenters. The number of aromatic nitrogens is 4. The summed E-state index contributed by atoms with van der Waals surface area (Å²) >= 11 is 0. The van der Waals surface area contributed by atoms with Crippen molar-refractivity contribution in [2.75, 3.05) is 20.8 Å². The Hall–Kier alpha value is -4.25. The lowest BCUT2D eigenvalue weighted by atomic mass is 9.78. The molecule has 184 valence electrons. The molecular formula is C25H23N5O6. The van der Waals surface area contributed by atoms with Crippen LogP contribution in [0.3, 0.4) is 0 Å². The van der Waals surface area contributed by atoms with Crippen LogP contribution in [-0.2, 0) is 14.3 Å². The van der Waals surface area contributed by atoms with Crippen LogP contribution in [0.1, 0.15) is 23.9 Å². The summed E-state index contributed by atoms with van der Waals surface area (Å²) in [6, 6.07) is 13.8. The fourth-order valence-corrected chi connectivity index (χ4v) is 5.50. The summed E-state index contributed by atoms with van der Waals surface area (Å²) in [6.07, 6.45) is 1.79. The summed E-state index contributed by atoms with van der Waals surface area (Å²) in [4.78, 5) is 27.7. The number of carboxylic acid groups (broad SMARTS) is 1. The Morgan fingerprint density at radius 2 is 1.78 bits per heavy atom. The molecule has 2 saturated heterocycles. The largest absolute Gasteiger partial charge is 0.497 e. The topological polar surface area (TPSA) is 129 Å². The third-order valence-corrected chi connectivity index (χ3v) is 7.18. The van der Waals surface area contributed by atoms with E-state index in [2.05, 4.69) is 15.5 Å². The first-order chi connectivity index (χ1) is 17.5. The lowest BCUT2D eigenvalue weighted by Gasteiger charge is -2.30. The minimum atomic E-state index is -1.49. The number of hydrogen-bond acceptors (Lipinski definition) is 8. The van der Waals surface area contributed by atoms with E-state index in [-0.39, 0.29) is 19.1 Å². The van der Waals surface area contributed by atoms with Crippen LogP contribution >= 0.6 is 0 Å². The molecule has 6 rings (SSSR count). The van der Waals surface area contributed by atoms with Crippen LogP contribution in [0.5, 0.6) is 11.5 Å². The van der Waals surface area contributed by atoms with Crippen molar-refractivity contribution in [1.29, 1.82) is 0 Å². The number of ether oxygens (including phenoxy) is 3. The van der Waals surface area contributed by atoms with Gasteiger partial charge in [0.2, 0.25) is 0 Å². The molecule has 36 heavy (non-hydrogen) atoms. The van der Waals surface area contributed by atoms with E-state index >= 15 is 0 Å². The molecule has 3 aliphatic heterocycles. The molecule has 2 aromatic carbocycles. The van der Waals surface area contributed by atoms with Crippen molar-refractivity contribution in [2.24, 2.45) is 5.92 Å². The van der Waals surface area contributed by atoms with Gasteiger partial charge in [-0.3, -0.25) is 9.59 Å². The third-order valence-electron chi connectivity index (χ3n) is 7.18. The quantitative estimate of drug-likeness (QED) is 0.494. The Labute approximate surface area is 205 Å². The average Bonchev–Trinajstić information content (AvgIpc) is 3.67. The molecule has 0 radical (unpaired) electrons. The van der Waals surface area contributed by atoms with Gasteiger partial charge in [-0.05, 0) is 64.4 Å². The normalized spacial score (nSPS) is 25.0. The molecule has 1 N–H and O–H groups in total. The second kappa shape index (κ2) is 8.16. The molecule has 11 nitrogen and oxygen atoms in total. The highest BCUT2D eigenvalue weighted by Gasteiger charge is 2.68. The minimum absolute atomic E-state index is 0.214. The highest BCUT2D eigenvalue weighted by atomic mass is 16.5. The number of carbonyl (C=O) groups excluding carboxylic acids is 1. The average molecular weight is 489 g/mol. The summed E-state index contributed by atoms with van der Waals surface area (Å²) in [6.45, 7) is 0.214. The molecule has 1 aromatic heterocycles. The van der Waals surface area contributed by atoms with Gasteiger partial charge >= 0.3 is 5.97 Å². The van der Waals surface area contributed by atoms with Crippen LogP contribution in [0.2, 0.25) is 0 Å². The van der Waals surface area contributed by atoms with Gasteiger partial charge in [0.15, 0.2) is 11.4 Å². The first-order valence-corrected chi connectivity index (χ1v) is 11.5. The maximum Gasteiger partial charge on any atom is 0.310 e. The van der Waals surface area contributed by atoms with Crippen molar-refractivity contribution < 1.29 is 28.9 Å². The fourth-order valence-electron chi connectivity index (χ4n) is 5.50. The van der Waals surface area contributed by atoms with Gasteiger partial charge < -0.3 is 24.2 Å². The molecule has 3 aliphatic rings. The van der Waals surface area contributed by atoms with Crippen LogP contribution in [-0.4, -0.2) is 74.6 Å². The summed E-state index contributed by atoms with van der Waals surface area (Å²) in [7, 11) is 3.16. The second-order valence-corrected chi connectivity index (χ2v) is 8.97. The van der Waals surface area contributed by atoms with E-state index in [0.717, 1.165) is 5.56 Å². The molecule has 11 heteroatoms. The Morgan fingerprint density at radius 3 is 2.42 bits per heavy atom. The van der Waals surface area contributed by atoms with Crippen molar-refractivity contribution in [2.45, 2.75) is 24.2 Å². The molecule has 2 fully saturated rings. The van der Waals surface area contributed by atoms with Gasteiger partial charge in [-0.1, -0.05) is 18.2 Å². The second-order valence-electron chi connectivity index (χ2n) is 8.97. The van der Waals surface area contributed by atoms with E-state index < -0.39 is 29.4 Å². The van der Waals surface area contributed by atoms with Crippen LogP contribution in [0.25, 0.3) is 5.69 Å². The van der Waals surface area contributed by atoms with Gasteiger partial charge in [0.1, 0.15) is 23.5 Å². The van der Waals surface area contributed by atoms with Crippen LogP contribution < -0.4 is 9.47 Å². The number of carboxylic acids is 1. The number of carbonyl (C=O) groups is 2. The standard InChI is InChI=1S/C25H23N5O6/c1-34-17-7-3-14(4-8-17)21(22-26-27-28-30(22)16-5-9-18(35-2)10-6-16)29-13-15-11-19-12-20(23(31)32)25(15,36-19)24(29)33/h3-11,19-21H,12-13H2,1-2H3,(H,31,32)/t19-,20-,21-,25+/m0/s1. The number of benzene rings is 2. The van der Waals surface area contributed by atoms with Crippen molar-refractivity contribution in [3.05, 3.63) is 71.6 Å². The molecule has 4 heterocycles. The Bertz CT molecular complexity index is 1370. The number of aliphatic carboxylic acids is 1. The number of nitrogens with zero attached hydrogens (tertiary/aromatic N) is 5. The maximum absolute atomic E-state index is 14.0. The number of methoxy groups -OCH3 is 2. The Balaban J connectivity index is 1.47. The zero-order valence-electron chi connectivity index (χ0n) is 19.6. The molecule has 0 saturated carbocycles. The van der Waals surface area contributed by atoms with Gasteiger partial charge in [-0.15, -0.1) is 5.10 Å². The summed E-state index contributed by atoms with van der Waals surface area (Å²) in [5.74, 6) is -0.632. The van der Waals surface area contributed by atoms with E-state index in [1.54, 1.807) is 48.1 Å². The zero-order chi connectivity index (χ0) is 25.0. The lowest BCUT2D eigenvalue weighted by Crippen LogP contribution is -2.48. The van der Waals surface area contributed by atoms with E-state index in [4.69, 9.17) is 14.2 Å². The number of likely N-dealkylation sites (tertiary alicyclic amines) is 1. The zero-order valence-corrected chi connectivity index (χ0v) is 19.6. The number of rotatable bonds is 7. The van der Waals surface area contributed by atoms with Crippen molar-refractivity contribution >= 4 is 11.9 Å². The summed E-state index contributed by atoms with van der Waals surface area (Å²) < 4.78 is 18.2. The van der Waals surface area contributed by atoms with E-state index in [1.165, 1.54) is 0 Å². The highest BCUT2D eigenvalue weighted by molar-refractivity contribution is 5.99. The van der Waals surface area contributed by atoms with Gasteiger partial charge in [-0.25, -0.2) is 0 Å². The van der Waals surface area contributed by atoms with E-state index in [1.807, 2.05) is 30.3 Å². The summed E-state index contributed by atoms with van der Waals surface area (Å²) in [5.41, 5.74) is 0.615. The first kappa shape index (κ1) is 22.2. The SMILES string of the molecule is COc1ccc([C@@H](c2nnnn2-c2ccc(OC)cc2)N2CC3=C[C@H]4C[C@@H](C(=O)O)[C@@]3(O4)C2=O)cc1. The van der Waals surface area contributed by atoms with Gasteiger partial charge in [-0.2, -0.15) is 4.68 Å². The number of tetrazole rings is 1. The lowest BCUT2D eigenvalue weighted by molar-refractivity contribution is -0.157. The maximum atomic E-state index is 14.0. The molecule has 3 aromatic rings. The highest BCUT2D eigenvalue weighted by Crippen LogP contribution is 2.54. The monoisotopic (exact) mass is 489 g/mol. The van der Waals surface area contributed by atoms with Crippen molar-refractivity contribution in [3.8, 4) is 17.2 Å². The van der Waals surface area contributed by atoms with Gasteiger partial charge in [0.25, 0.3) is 5.91 Å². The van der Waals surface area contributed by atoms with Crippen molar-refractivity contribution in [1.82, 2.24) is 25.1 Å². The number of fused-ring (bicyclic) bond motifs is 1. The molecule has 4 atom stereocenters. The molecule has 2 bridgehead atoms. The van der Waals surface area contributed by atoms with Crippen LogP contribution in [0.15, 0.2) is 60.2 Å². The Morgan fingerprint density at radius 1 is 1.11 bits per heavy atom. The Kier molecular flexibility index (Phi) is 5.04. The molecule has 0 aliphatic carbocycles. The summed E-state index contributed by atoms with van der Waals surface area (Å²) in [5, 5.41) is 22.3. The van der Waals surface area contributed by atoms with E-state index in [9.17, 15) is 14.7 Å². The minimum Gasteiger partial charge on any atom is -0.497 e. The molecule has 1 amide bonds. The number of amides is 1. The smallest absolute Gasteiger partial charge is 0.310 e. The van der Waals surface area contributed by atoms with Crippen LogP contribution in [0, 0.1) is 5.92 Å². The van der Waals surface area contributed by atoms with Crippen molar-refractivity contribution in [3.63, 3.8) is 0 Å². The fraction of sp³-hybridized carbons (Fsp3) is 0.320. The predicted molar refractivity (Wildman–Crippen MR) is 124 cm³/mol. The first-order valence-electron chi connectivity index (χ1n) is 11.5. The number of hydrogen-bond donors (Lipinski definition) is 1. The van der Waals surface area contributed by atoms with Gasteiger partial charge in [0, 0.05) is 6.54 Å². The molecular weight excluding hydrogens is 466 g/mol. The van der Waals surface area contributed by atoms with Crippen LogP contribution in [0.4, 0.5) is 0 Å². The third kappa shape index (κ3) is 3.12. The van der Waals surface area contributed by atoms with Gasteiger partial charge in [0.05, 0.1) is 26.0 Å². The predicted octanol–water partition coefficient (Wildman–Crippen LogP) is 1.78. The van der Waals surface area contributed by atoms with E-state index in [0.29, 0.717) is 28.6 Å².